The second-order valence-corrected chi connectivity index (χ2v) is 3.94. The molecule has 1 heterocycles. The number of ketones is 2. The highest BCUT2D eigenvalue weighted by Gasteiger charge is 2.09. The fourth-order valence-electron chi connectivity index (χ4n) is 1.74. The molecule has 0 spiro atoms. The second kappa shape index (κ2) is 6.85. The first kappa shape index (κ1) is 15.1. The van der Waals surface area contributed by atoms with Crippen LogP contribution in [0.2, 0.25) is 0 Å². The van der Waals surface area contributed by atoms with Crippen molar-refractivity contribution >= 4 is 22.5 Å². The molecule has 19 heavy (non-hydrogen) atoms. The van der Waals surface area contributed by atoms with Gasteiger partial charge in [-0.25, -0.2) is 0 Å². The number of aliphatic hydroxyl groups excluding tert-OH is 1. The maximum atomic E-state index is 11.6. The van der Waals surface area contributed by atoms with Crippen molar-refractivity contribution in [3.05, 3.63) is 35.5 Å². The summed E-state index contributed by atoms with van der Waals surface area (Å²) in [5.74, 6) is -0.135. The number of benzene rings is 1. The van der Waals surface area contributed by atoms with Crippen LogP contribution in [-0.2, 0) is 0 Å². The van der Waals surface area contributed by atoms with Gasteiger partial charge in [-0.1, -0.05) is 13.8 Å². The molecule has 0 saturated carbocycles. The first-order chi connectivity index (χ1) is 9.11. The van der Waals surface area contributed by atoms with Crippen LogP contribution in [-0.4, -0.2) is 28.3 Å². The Hall–Kier alpha value is -1.94. The third kappa shape index (κ3) is 3.51. The smallest absolute Gasteiger partial charge is 0.175 e. The van der Waals surface area contributed by atoms with Gasteiger partial charge >= 0.3 is 0 Å². The van der Waals surface area contributed by atoms with E-state index in [9.17, 15) is 9.59 Å². The van der Waals surface area contributed by atoms with Gasteiger partial charge in [0.2, 0.25) is 0 Å². The predicted octanol–water partition coefficient (Wildman–Crippen LogP) is 2.96. The minimum absolute atomic E-state index is 0.0376. The lowest BCUT2D eigenvalue weighted by molar-refractivity contribution is 0.0955. The molecule has 0 saturated heterocycles. The predicted molar refractivity (Wildman–Crippen MR) is 75.7 cm³/mol. The average Bonchev–Trinajstić information content (AvgIpc) is 2.84. The minimum Gasteiger partial charge on any atom is -0.396 e. The molecule has 0 radical (unpaired) electrons. The molecule has 2 aromatic rings. The first-order valence-electron chi connectivity index (χ1n) is 6.39. The van der Waals surface area contributed by atoms with Gasteiger partial charge in [0.05, 0.1) is 12.3 Å². The van der Waals surface area contributed by atoms with Crippen molar-refractivity contribution < 1.29 is 14.7 Å². The van der Waals surface area contributed by atoms with Crippen molar-refractivity contribution in [2.75, 3.05) is 6.61 Å². The van der Waals surface area contributed by atoms with Crippen LogP contribution in [0.4, 0.5) is 0 Å². The maximum absolute atomic E-state index is 11.6. The van der Waals surface area contributed by atoms with E-state index in [1.807, 2.05) is 13.8 Å². The zero-order valence-corrected chi connectivity index (χ0v) is 11.5. The standard InChI is InChI=1S/C13H13NO3.C2H6/c1-8(16)12-7-10-6-9(13(17)4-5-15)2-3-11(10)14-12;1-2/h2-3,6-7,14-15H,4-5H2,1H3;1-2H3. The minimum atomic E-state index is -0.150. The molecule has 4 nitrogen and oxygen atoms in total. The SMILES string of the molecule is CC.CC(=O)c1cc2cc(C(=O)CCO)ccc2[nH]1. The Bertz CT molecular complexity index is 584. The molecule has 0 fully saturated rings. The highest BCUT2D eigenvalue weighted by atomic mass is 16.3. The topological polar surface area (TPSA) is 70.2 Å². The third-order valence-electron chi connectivity index (χ3n) is 2.66. The Balaban J connectivity index is 0.000000861. The normalized spacial score (nSPS) is 9.89. The Kier molecular flexibility index (Phi) is 5.45. The molecule has 1 aromatic carbocycles. The number of aliphatic hydroxyl groups is 1. The van der Waals surface area contributed by atoms with Crippen LogP contribution in [0.1, 0.15) is 48.0 Å². The largest absolute Gasteiger partial charge is 0.396 e. The number of aromatic nitrogens is 1. The summed E-state index contributed by atoms with van der Waals surface area (Å²) in [5.41, 5.74) is 1.92. The highest BCUT2D eigenvalue weighted by molar-refractivity contribution is 6.02. The summed E-state index contributed by atoms with van der Waals surface area (Å²) in [6.45, 7) is 5.34. The van der Waals surface area contributed by atoms with Crippen LogP contribution >= 0.6 is 0 Å². The van der Waals surface area contributed by atoms with E-state index in [0.29, 0.717) is 11.3 Å². The number of H-pyrrole nitrogens is 1. The van der Waals surface area contributed by atoms with E-state index < -0.39 is 0 Å². The molecule has 102 valence electrons. The van der Waals surface area contributed by atoms with E-state index in [1.54, 1.807) is 24.3 Å². The Morgan fingerprint density at radius 1 is 1.21 bits per heavy atom. The highest BCUT2D eigenvalue weighted by Crippen LogP contribution is 2.18. The zero-order chi connectivity index (χ0) is 14.4. The summed E-state index contributed by atoms with van der Waals surface area (Å²) >= 11 is 0. The molecular formula is C15H19NO3. The summed E-state index contributed by atoms with van der Waals surface area (Å²) < 4.78 is 0. The van der Waals surface area contributed by atoms with Crippen LogP contribution in [0.25, 0.3) is 10.9 Å². The van der Waals surface area contributed by atoms with Gasteiger partial charge in [-0.2, -0.15) is 0 Å². The maximum Gasteiger partial charge on any atom is 0.175 e. The Morgan fingerprint density at radius 3 is 2.47 bits per heavy atom. The number of fused-ring (bicyclic) bond motifs is 1. The van der Waals surface area contributed by atoms with Gasteiger partial charge in [0.25, 0.3) is 0 Å². The molecule has 4 heteroatoms. The summed E-state index contributed by atoms with van der Waals surface area (Å²) in [6, 6.07) is 6.93. The summed E-state index contributed by atoms with van der Waals surface area (Å²) in [6.07, 6.45) is 0.121. The summed E-state index contributed by atoms with van der Waals surface area (Å²) in [7, 11) is 0. The van der Waals surface area contributed by atoms with Gasteiger partial charge < -0.3 is 10.1 Å². The van der Waals surface area contributed by atoms with E-state index in [2.05, 4.69) is 4.98 Å². The lowest BCUT2D eigenvalue weighted by Gasteiger charge is -1.98. The molecular weight excluding hydrogens is 242 g/mol. The second-order valence-electron chi connectivity index (χ2n) is 3.94. The number of Topliss-reactive ketones (excluding diaryl/α,β-unsaturated/α-hetero) is 2. The molecule has 0 bridgehead atoms. The molecule has 0 aliphatic rings. The molecule has 2 N–H and O–H groups in total. The Labute approximate surface area is 112 Å². The van der Waals surface area contributed by atoms with Crippen molar-refractivity contribution in [3.63, 3.8) is 0 Å². The van der Waals surface area contributed by atoms with E-state index >= 15 is 0 Å². The van der Waals surface area contributed by atoms with Gasteiger partial charge in [-0.15, -0.1) is 0 Å². The van der Waals surface area contributed by atoms with Gasteiger partial charge in [0.15, 0.2) is 11.6 Å². The number of carbonyl (C=O) groups excluding carboxylic acids is 2. The van der Waals surface area contributed by atoms with Crippen molar-refractivity contribution in [2.24, 2.45) is 0 Å². The number of rotatable bonds is 4. The number of nitrogens with one attached hydrogen (secondary N) is 1. The van der Waals surface area contributed by atoms with Crippen LogP contribution < -0.4 is 0 Å². The third-order valence-corrected chi connectivity index (χ3v) is 2.66. The molecule has 0 aliphatic carbocycles. The van der Waals surface area contributed by atoms with Crippen molar-refractivity contribution in [2.45, 2.75) is 27.2 Å². The van der Waals surface area contributed by atoms with Crippen LogP contribution in [0.3, 0.4) is 0 Å². The van der Waals surface area contributed by atoms with Gasteiger partial charge in [0.1, 0.15) is 0 Å². The molecule has 0 amide bonds. The summed E-state index contributed by atoms with van der Waals surface area (Å²) in [5, 5.41) is 9.55. The number of hydrogen-bond donors (Lipinski definition) is 2. The van der Waals surface area contributed by atoms with Crippen LogP contribution in [0, 0.1) is 0 Å². The quantitative estimate of drug-likeness (QED) is 0.831. The van der Waals surface area contributed by atoms with Gasteiger partial charge in [-0.05, 0) is 24.3 Å². The average molecular weight is 261 g/mol. The van der Waals surface area contributed by atoms with Gasteiger partial charge in [-0.3, -0.25) is 9.59 Å². The molecule has 1 aromatic heterocycles. The number of hydrogen-bond acceptors (Lipinski definition) is 3. The van der Waals surface area contributed by atoms with E-state index in [-0.39, 0.29) is 24.6 Å². The zero-order valence-electron chi connectivity index (χ0n) is 11.5. The lowest BCUT2D eigenvalue weighted by Crippen LogP contribution is -2.01. The molecule has 2 rings (SSSR count). The van der Waals surface area contributed by atoms with Crippen molar-refractivity contribution in [1.29, 1.82) is 0 Å². The van der Waals surface area contributed by atoms with Crippen LogP contribution in [0.15, 0.2) is 24.3 Å². The van der Waals surface area contributed by atoms with E-state index in [4.69, 9.17) is 5.11 Å². The fraction of sp³-hybridized carbons (Fsp3) is 0.333. The number of aromatic amines is 1. The molecule has 0 aliphatic heterocycles. The lowest BCUT2D eigenvalue weighted by atomic mass is 10.1. The molecule has 0 unspecified atom stereocenters. The van der Waals surface area contributed by atoms with Gasteiger partial charge in [0, 0.05) is 29.8 Å². The summed E-state index contributed by atoms with van der Waals surface area (Å²) in [4.78, 5) is 25.8. The fourth-order valence-corrected chi connectivity index (χ4v) is 1.74. The molecule has 0 atom stereocenters. The van der Waals surface area contributed by atoms with Crippen molar-refractivity contribution in [1.82, 2.24) is 4.98 Å². The Morgan fingerprint density at radius 2 is 1.89 bits per heavy atom. The first-order valence-corrected chi connectivity index (χ1v) is 6.39. The van der Waals surface area contributed by atoms with Crippen LogP contribution in [0.5, 0.6) is 0 Å². The number of carbonyl (C=O) groups is 2. The van der Waals surface area contributed by atoms with E-state index in [1.165, 1.54) is 6.92 Å². The van der Waals surface area contributed by atoms with E-state index in [0.717, 1.165) is 10.9 Å². The van der Waals surface area contributed by atoms with Crippen molar-refractivity contribution in [3.8, 4) is 0 Å². The monoisotopic (exact) mass is 261 g/mol.